The van der Waals surface area contributed by atoms with Crippen LogP contribution in [0.2, 0.25) is 0 Å². The summed E-state index contributed by atoms with van der Waals surface area (Å²) in [6.45, 7) is 2.99. The molecule has 1 amide bonds. The molecule has 0 radical (unpaired) electrons. The van der Waals surface area contributed by atoms with E-state index in [1.165, 1.54) is 11.3 Å². The summed E-state index contributed by atoms with van der Waals surface area (Å²) in [5, 5.41) is 0.966. The molecule has 2 heterocycles. The van der Waals surface area contributed by atoms with Crippen molar-refractivity contribution < 1.29 is 4.79 Å². The average Bonchev–Trinajstić information content (AvgIpc) is 3.03. The van der Waals surface area contributed by atoms with Crippen molar-refractivity contribution in [2.24, 2.45) is 0 Å². The van der Waals surface area contributed by atoms with Gasteiger partial charge in [0.05, 0.1) is 5.69 Å². The van der Waals surface area contributed by atoms with Crippen LogP contribution >= 0.6 is 27.3 Å². The van der Waals surface area contributed by atoms with Crippen LogP contribution in [0.25, 0.3) is 10.1 Å². The SMILES string of the molecule is CCC1CCCN1C(=O)c1sc2cccc(Br)c2c1N. The molecule has 0 saturated carbocycles. The lowest BCUT2D eigenvalue weighted by atomic mass is 10.1. The highest BCUT2D eigenvalue weighted by atomic mass is 79.9. The van der Waals surface area contributed by atoms with Gasteiger partial charge < -0.3 is 10.6 Å². The van der Waals surface area contributed by atoms with Crippen molar-refractivity contribution in [1.82, 2.24) is 4.90 Å². The minimum absolute atomic E-state index is 0.0972. The molecule has 0 spiro atoms. The van der Waals surface area contributed by atoms with Crippen LogP contribution in [0.3, 0.4) is 0 Å². The van der Waals surface area contributed by atoms with Crippen molar-refractivity contribution in [1.29, 1.82) is 0 Å². The number of hydrogen-bond acceptors (Lipinski definition) is 3. The molecular formula is C15H17BrN2OS. The van der Waals surface area contributed by atoms with Gasteiger partial charge in [0.15, 0.2) is 0 Å². The number of nitrogens with zero attached hydrogens (tertiary/aromatic N) is 1. The van der Waals surface area contributed by atoms with E-state index in [4.69, 9.17) is 5.73 Å². The molecule has 2 aromatic rings. The van der Waals surface area contributed by atoms with Gasteiger partial charge in [-0.3, -0.25) is 4.79 Å². The van der Waals surface area contributed by atoms with Gasteiger partial charge in [-0.25, -0.2) is 0 Å². The van der Waals surface area contributed by atoms with Gasteiger partial charge in [-0.2, -0.15) is 0 Å². The molecule has 1 fully saturated rings. The Balaban J connectivity index is 2.04. The molecule has 0 aliphatic carbocycles. The van der Waals surface area contributed by atoms with Gasteiger partial charge in [0.25, 0.3) is 5.91 Å². The zero-order chi connectivity index (χ0) is 14.3. The summed E-state index contributed by atoms with van der Waals surface area (Å²) in [7, 11) is 0. The van der Waals surface area contributed by atoms with E-state index in [2.05, 4.69) is 22.9 Å². The molecule has 0 bridgehead atoms. The first-order valence-electron chi connectivity index (χ1n) is 6.91. The lowest BCUT2D eigenvalue weighted by Crippen LogP contribution is -2.34. The number of thiophene rings is 1. The highest BCUT2D eigenvalue weighted by Crippen LogP contribution is 2.39. The first-order chi connectivity index (χ1) is 9.63. The summed E-state index contributed by atoms with van der Waals surface area (Å²) in [5.41, 5.74) is 6.84. The Morgan fingerprint density at radius 1 is 1.55 bits per heavy atom. The first-order valence-corrected chi connectivity index (χ1v) is 8.52. The molecular weight excluding hydrogens is 336 g/mol. The smallest absolute Gasteiger partial charge is 0.266 e. The number of hydrogen-bond donors (Lipinski definition) is 1. The lowest BCUT2D eigenvalue weighted by molar-refractivity contribution is 0.0739. The maximum absolute atomic E-state index is 12.8. The summed E-state index contributed by atoms with van der Waals surface area (Å²) >= 11 is 5.02. The second-order valence-corrected chi connectivity index (χ2v) is 7.07. The molecule has 1 atom stereocenters. The summed E-state index contributed by atoms with van der Waals surface area (Å²) in [5.74, 6) is 0.0972. The predicted molar refractivity (Wildman–Crippen MR) is 88.3 cm³/mol. The Bertz CT molecular complexity index is 667. The maximum Gasteiger partial charge on any atom is 0.266 e. The number of anilines is 1. The van der Waals surface area contributed by atoms with E-state index < -0.39 is 0 Å². The largest absolute Gasteiger partial charge is 0.397 e. The van der Waals surface area contributed by atoms with E-state index in [-0.39, 0.29) is 5.91 Å². The number of rotatable bonds is 2. The minimum Gasteiger partial charge on any atom is -0.397 e. The maximum atomic E-state index is 12.8. The van der Waals surface area contributed by atoms with Crippen molar-refractivity contribution in [2.45, 2.75) is 32.2 Å². The topological polar surface area (TPSA) is 46.3 Å². The van der Waals surface area contributed by atoms with E-state index in [9.17, 15) is 4.79 Å². The van der Waals surface area contributed by atoms with E-state index in [1.54, 1.807) is 0 Å². The van der Waals surface area contributed by atoms with E-state index in [0.29, 0.717) is 16.6 Å². The van der Waals surface area contributed by atoms with Crippen LogP contribution < -0.4 is 5.73 Å². The fraction of sp³-hybridized carbons (Fsp3) is 0.400. The Kier molecular flexibility index (Phi) is 3.73. The number of nitrogens with two attached hydrogens (primary N) is 1. The van der Waals surface area contributed by atoms with Crippen molar-refractivity contribution >= 4 is 48.9 Å². The number of carbonyl (C=O) groups excluding carboxylic acids is 1. The Hall–Kier alpha value is -1.07. The zero-order valence-electron chi connectivity index (χ0n) is 11.4. The van der Waals surface area contributed by atoms with E-state index in [0.717, 1.165) is 40.4 Å². The number of halogens is 1. The molecule has 1 saturated heterocycles. The predicted octanol–water partition coefficient (Wildman–Crippen LogP) is 4.26. The molecule has 3 nitrogen and oxygen atoms in total. The van der Waals surface area contributed by atoms with Crippen molar-refractivity contribution in [3.63, 3.8) is 0 Å². The van der Waals surface area contributed by atoms with E-state index in [1.807, 2.05) is 23.1 Å². The fourth-order valence-electron chi connectivity index (χ4n) is 2.95. The molecule has 2 N–H and O–H groups in total. The van der Waals surface area contributed by atoms with Gasteiger partial charge in [-0.1, -0.05) is 28.9 Å². The van der Waals surface area contributed by atoms with Crippen LogP contribution in [-0.2, 0) is 0 Å². The van der Waals surface area contributed by atoms with Gasteiger partial charge in [-0.15, -0.1) is 11.3 Å². The highest BCUT2D eigenvalue weighted by molar-refractivity contribution is 9.10. The third kappa shape index (κ3) is 2.13. The normalized spacial score (nSPS) is 18.9. The molecule has 20 heavy (non-hydrogen) atoms. The lowest BCUT2D eigenvalue weighted by Gasteiger charge is -2.23. The van der Waals surface area contributed by atoms with Gasteiger partial charge in [-0.05, 0) is 31.4 Å². The molecule has 1 unspecified atom stereocenters. The highest BCUT2D eigenvalue weighted by Gasteiger charge is 2.30. The van der Waals surface area contributed by atoms with Gasteiger partial charge in [0.2, 0.25) is 0 Å². The summed E-state index contributed by atoms with van der Waals surface area (Å²) in [4.78, 5) is 15.4. The monoisotopic (exact) mass is 352 g/mol. The number of amides is 1. The van der Waals surface area contributed by atoms with Crippen LogP contribution in [0.5, 0.6) is 0 Å². The summed E-state index contributed by atoms with van der Waals surface area (Å²) in [6.07, 6.45) is 3.22. The molecule has 1 aromatic carbocycles. The third-order valence-electron chi connectivity index (χ3n) is 4.00. The molecule has 1 aliphatic rings. The van der Waals surface area contributed by atoms with Crippen LogP contribution in [-0.4, -0.2) is 23.4 Å². The van der Waals surface area contributed by atoms with Gasteiger partial charge >= 0.3 is 0 Å². The van der Waals surface area contributed by atoms with Crippen molar-refractivity contribution in [2.75, 3.05) is 12.3 Å². The zero-order valence-corrected chi connectivity index (χ0v) is 13.8. The van der Waals surface area contributed by atoms with Gasteiger partial charge in [0, 0.05) is 27.1 Å². The number of nitrogen functional groups attached to an aromatic ring is 1. The van der Waals surface area contributed by atoms with E-state index >= 15 is 0 Å². The van der Waals surface area contributed by atoms with Crippen LogP contribution in [0.15, 0.2) is 22.7 Å². The van der Waals surface area contributed by atoms with Crippen LogP contribution in [0, 0.1) is 0 Å². The number of likely N-dealkylation sites (tertiary alicyclic amines) is 1. The fourth-order valence-corrected chi connectivity index (χ4v) is 4.76. The average molecular weight is 353 g/mol. The molecule has 106 valence electrons. The Morgan fingerprint density at radius 2 is 2.35 bits per heavy atom. The van der Waals surface area contributed by atoms with Crippen molar-refractivity contribution in [3.8, 4) is 0 Å². The summed E-state index contributed by atoms with van der Waals surface area (Å²) in [6, 6.07) is 6.32. The number of carbonyl (C=O) groups is 1. The molecule has 5 heteroatoms. The number of fused-ring (bicyclic) bond motifs is 1. The van der Waals surface area contributed by atoms with Crippen LogP contribution in [0.1, 0.15) is 35.9 Å². The number of benzene rings is 1. The molecule has 1 aliphatic heterocycles. The van der Waals surface area contributed by atoms with Gasteiger partial charge in [0.1, 0.15) is 4.88 Å². The standard InChI is InChI=1S/C15H17BrN2OS/c1-2-9-5-4-8-18(9)15(19)14-13(17)12-10(16)6-3-7-11(12)20-14/h3,6-7,9H,2,4-5,8,17H2,1H3. The first kappa shape index (κ1) is 13.9. The Labute approximate surface area is 130 Å². The van der Waals surface area contributed by atoms with Crippen LogP contribution in [0.4, 0.5) is 5.69 Å². The molecule has 1 aromatic heterocycles. The second kappa shape index (κ2) is 5.37. The molecule has 3 rings (SSSR count). The second-order valence-electron chi connectivity index (χ2n) is 5.16. The third-order valence-corrected chi connectivity index (χ3v) is 5.82. The minimum atomic E-state index is 0.0972. The summed E-state index contributed by atoms with van der Waals surface area (Å²) < 4.78 is 2.02. The quantitative estimate of drug-likeness (QED) is 0.877. The van der Waals surface area contributed by atoms with Crippen molar-refractivity contribution in [3.05, 3.63) is 27.5 Å². The Morgan fingerprint density at radius 3 is 3.05 bits per heavy atom.